The molecule has 0 radical (unpaired) electrons. The Labute approximate surface area is 257 Å². The molecule has 3 heterocycles. The van der Waals surface area contributed by atoms with Crippen LogP contribution in [0.3, 0.4) is 0 Å². The lowest BCUT2D eigenvalue weighted by molar-refractivity contribution is -0.137. The third-order valence-electron chi connectivity index (χ3n) is 7.62. The molecule has 2 amide bonds. The maximum Gasteiger partial charge on any atom is 0.416 e. The van der Waals surface area contributed by atoms with Crippen LogP contribution in [0.25, 0.3) is 22.2 Å². The first-order valence-corrected chi connectivity index (χ1v) is 13.5. The molecule has 45 heavy (non-hydrogen) atoms. The molecule has 15 heteroatoms. The molecule has 1 aliphatic rings. The summed E-state index contributed by atoms with van der Waals surface area (Å²) in [5.41, 5.74) is -0.595. The Morgan fingerprint density at radius 1 is 1.18 bits per heavy atom. The summed E-state index contributed by atoms with van der Waals surface area (Å²) < 4.78 is 79.9. The van der Waals surface area contributed by atoms with Crippen molar-refractivity contribution in [3.8, 4) is 22.8 Å². The lowest BCUT2D eigenvalue weighted by atomic mass is 9.82. The van der Waals surface area contributed by atoms with Gasteiger partial charge in [-0.2, -0.15) is 13.2 Å². The van der Waals surface area contributed by atoms with Gasteiger partial charge >= 0.3 is 6.18 Å². The summed E-state index contributed by atoms with van der Waals surface area (Å²) in [5, 5.41) is 14.3. The summed E-state index contributed by atoms with van der Waals surface area (Å²) >= 11 is 6.02. The van der Waals surface area contributed by atoms with Crippen molar-refractivity contribution in [2.24, 2.45) is 5.73 Å². The molecule has 2 atom stereocenters. The van der Waals surface area contributed by atoms with E-state index in [0.29, 0.717) is 10.9 Å². The molecule has 1 aliphatic heterocycles. The number of rotatable bonds is 8. The highest BCUT2D eigenvalue weighted by atomic mass is 35.5. The number of amides is 2. The predicted molar refractivity (Wildman–Crippen MR) is 152 cm³/mol. The van der Waals surface area contributed by atoms with E-state index in [-0.39, 0.29) is 45.5 Å². The summed E-state index contributed by atoms with van der Waals surface area (Å²) in [5.74, 6) is -1.63. The molecular formula is C30H24ClF5N4O5. The molecule has 0 spiro atoms. The summed E-state index contributed by atoms with van der Waals surface area (Å²) in [6, 6.07) is 8.90. The van der Waals surface area contributed by atoms with Crippen molar-refractivity contribution in [1.82, 2.24) is 15.3 Å². The number of carbonyl (C=O) groups is 2. The van der Waals surface area contributed by atoms with Gasteiger partial charge in [0.15, 0.2) is 5.60 Å². The summed E-state index contributed by atoms with van der Waals surface area (Å²) in [7, 11) is 1.35. The van der Waals surface area contributed by atoms with Gasteiger partial charge in [0.2, 0.25) is 5.91 Å². The minimum absolute atomic E-state index is 0.0102. The van der Waals surface area contributed by atoms with Gasteiger partial charge in [-0.15, -0.1) is 0 Å². The van der Waals surface area contributed by atoms with Crippen LogP contribution < -0.4 is 20.5 Å². The number of nitrogens with two attached hydrogens (primary N) is 1. The number of halogens is 6. The number of pyridine rings is 2. The predicted octanol–water partition coefficient (Wildman–Crippen LogP) is 5.00. The number of nitrogens with zero attached hydrogens (tertiary/aromatic N) is 2. The van der Waals surface area contributed by atoms with Gasteiger partial charge in [-0.25, -0.2) is 13.8 Å². The highest BCUT2D eigenvalue weighted by Crippen LogP contribution is 2.46. The van der Waals surface area contributed by atoms with Crippen LogP contribution >= 0.6 is 11.6 Å². The number of aliphatic hydroxyl groups is 1. The summed E-state index contributed by atoms with van der Waals surface area (Å²) in [6.45, 7) is 0.00584. The van der Waals surface area contributed by atoms with Gasteiger partial charge in [-0.1, -0.05) is 23.7 Å². The fourth-order valence-corrected chi connectivity index (χ4v) is 5.06. The van der Waals surface area contributed by atoms with Gasteiger partial charge in [0.1, 0.15) is 34.7 Å². The Balaban J connectivity index is 1.56. The molecule has 2 aromatic heterocycles. The maximum atomic E-state index is 14.7. The number of alkyl halides is 5. The van der Waals surface area contributed by atoms with Gasteiger partial charge in [0, 0.05) is 28.3 Å². The second-order valence-corrected chi connectivity index (χ2v) is 11.0. The van der Waals surface area contributed by atoms with Gasteiger partial charge in [-0.05, 0) is 43.3 Å². The number of methoxy groups -OCH3 is 1. The molecule has 1 unspecified atom stereocenters. The van der Waals surface area contributed by atoms with E-state index < -0.39 is 53.2 Å². The normalized spacial score (nSPS) is 17.5. The highest BCUT2D eigenvalue weighted by molar-refractivity contribution is 6.31. The molecule has 2 aromatic carbocycles. The van der Waals surface area contributed by atoms with E-state index in [1.165, 1.54) is 38.4 Å². The SMILES string of the molecule is COc1cc(C(=O)NCC(O)(c2cc3c(c(-c4ccc(C(F)(F)F)cc4)n2)OC[C@]3(C)C(N)=O)C(F)F)cc2cc(Cl)cnc12. The van der Waals surface area contributed by atoms with Gasteiger partial charge in [0.25, 0.3) is 12.3 Å². The van der Waals surface area contributed by atoms with E-state index in [0.717, 1.165) is 30.3 Å². The number of primary amides is 1. The van der Waals surface area contributed by atoms with Crippen molar-refractivity contribution < 1.29 is 46.1 Å². The molecule has 0 saturated carbocycles. The van der Waals surface area contributed by atoms with Crippen molar-refractivity contribution >= 4 is 34.3 Å². The smallest absolute Gasteiger partial charge is 0.416 e. The second kappa shape index (κ2) is 11.4. The van der Waals surface area contributed by atoms with E-state index in [9.17, 15) is 36.6 Å². The molecular weight excluding hydrogens is 627 g/mol. The van der Waals surface area contributed by atoms with Crippen molar-refractivity contribution in [3.05, 3.63) is 82.1 Å². The van der Waals surface area contributed by atoms with Crippen molar-refractivity contribution in [3.63, 3.8) is 0 Å². The van der Waals surface area contributed by atoms with Crippen LogP contribution in [-0.4, -0.2) is 53.6 Å². The third-order valence-corrected chi connectivity index (χ3v) is 7.83. The van der Waals surface area contributed by atoms with E-state index in [4.69, 9.17) is 26.8 Å². The highest BCUT2D eigenvalue weighted by Gasteiger charge is 2.48. The first-order chi connectivity index (χ1) is 21.1. The zero-order chi connectivity index (χ0) is 32.9. The van der Waals surface area contributed by atoms with Crippen LogP contribution in [0.5, 0.6) is 11.5 Å². The Hall–Kier alpha value is -4.56. The number of benzene rings is 2. The van der Waals surface area contributed by atoms with Crippen molar-refractivity contribution in [2.45, 2.75) is 30.5 Å². The van der Waals surface area contributed by atoms with E-state index in [2.05, 4.69) is 15.3 Å². The summed E-state index contributed by atoms with van der Waals surface area (Å²) in [4.78, 5) is 33.9. The number of hydrogen-bond acceptors (Lipinski definition) is 7. The van der Waals surface area contributed by atoms with Gasteiger partial charge in [0.05, 0.1) is 29.9 Å². The maximum absolute atomic E-state index is 14.7. The molecule has 5 rings (SSSR count). The number of fused-ring (bicyclic) bond motifs is 2. The van der Waals surface area contributed by atoms with Crippen LogP contribution in [0.15, 0.2) is 54.7 Å². The van der Waals surface area contributed by atoms with E-state index in [1.54, 1.807) is 0 Å². The Morgan fingerprint density at radius 2 is 1.87 bits per heavy atom. The molecule has 0 bridgehead atoms. The number of aromatic nitrogens is 2. The quantitative estimate of drug-likeness (QED) is 0.229. The molecule has 236 valence electrons. The van der Waals surface area contributed by atoms with Crippen LogP contribution in [0.2, 0.25) is 5.02 Å². The lowest BCUT2D eigenvalue weighted by Gasteiger charge is -2.29. The second-order valence-electron chi connectivity index (χ2n) is 10.6. The number of carbonyl (C=O) groups excluding carboxylic acids is 2. The van der Waals surface area contributed by atoms with Crippen LogP contribution in [0.4, 0.5) is 22.0 Å². The minimum atomic E-state index is -4.65. The van der Waals surface area contributed by atoms with Gasteiger partial charge < -0.3 is 25.6 Å². The van der Waals surface area contributed by atoms with Crippen LogP contribution in [0.1, 0.15) is 34.1 Å². The van der Waals surface area contributed by atoms with E-state index in [1.807, 2.05) is 0 Å². The largest absolute Gasteiger partial charge is 0.494 e. The lowest BCUT2D eigenvalue weighted by Crippen LogP contribution is -2.47. The molecule has 0 saturated heterocycles. The average molecular weight is 651 g/mol. The number of nitrogens with one attached hydrogen (secondary N) is 1. The molecule has 0 aliphatic carbocycles. The topological polar surface area (TPSA) is 137 Å². The zero-order valence-electron chi connectivity index (χ0n) is 23.5. The third kappa shape index (κ3) is 5.71. The number of hydrogen-bond donors (Lipinski definition) is 3. The summed E-state index contributed by atoms with van der Waals surface area (Å²) in [6.07, 6.45) is -6.81. The van der Waals surface area contributed by atoms with Crippen molar-refractivity contribution in [1.29, 1.82) is 0 Å². The Kier molecular flexibility index (Phi) is 8.08. The monoisotopic (exact) mass is 650 g/mol. The van der Waals surface area contributed by atoms with E-state index >= 15 is 0 Å². The molecule has 4 N–H and O–H groups in total. The average Bonchev–Trinajstić information content (AvgIpc) is 3.35. The zero-order valence-corrected chi connectivity index (χ0v) is 24.3. The fourth-order valence-electron chi connectivity index (χ4n) is 4.89. The molecule has 9 nitrogen and oxygen atoms in total. The Morgan fingerprint density at radius 3 is 2.47 bits per heavy atom. The first-order valence-electron chi connectivity index (χ1n) is 13.2. The standard InChI is InChI=1S/C30H24ClF5N4O5/c1-28(27(37)42)13-45-24-19(28)10-21(40-23(24)14-3-5-17(6-4-14)30(34,35)36)29(43,26(32)33)12-39-25(41)16-7-15-8-18(31)11-38-22(15)20(9-16)44-2/h3-11,26,43H,12-13H2,1-2H3,(H2,37,42)(H,39,41)/t28-,29?/m0/s1. The fraction of sp³-hybridized carbons (Fsp3) is 0.267. The first kappa shape index (κ1) is 31.9. The minimum Gasteiger partial charge on any atom is -0.494 e. The van der Waals surface area contributed by atoms with Crippen molar-refractivity contribution in [2.75, 3.05) is 20.3 Å². The number of ether oxygens (including phenoxy) is 2. The van der Waals surface area contributed by atoms with Crippen LogP contribution in [0, 0.1) is 0 Å². The Bertz CT molecular complexity index is 1820. The van der Waals surface area contributed by atoms with Gasteiger partial charge in [-0.3, -0.25) is 14.6 Å². The molecule has 0 fully saturated rings. The molecule has 4 aromatic rings. The van der Waals surface area contributed by atoms with Crippen LogP contribution in [-0.2, 0) is 22.0 Å².